The van der Waals surface area contributed by atoms with Crippen molar-refractivity contribution in [3.05, 3.63) is 71.8 Å². The summed E-state index contributed by atoms with van der Waals surface area (Å²) in [5.41, 5.74) is 1.48. The summed E-state index contributed by atoms with van der Waals surface area (Å²) in [7, 11) is 0. The minimum Gasteiger partial charge on any atom is -0.445 e. The number of amides is 1. The van der Waals surface area contributed by atoms with Gasteiger partial charge in [0.15, 0.2) is 0 Å². The van der Waals surface area contributed by atoms with Gasteiger partial charge in [0, 0.05) is 0 Å². The average Bonchev–Trinajstić information content (AvgIpc) is 2.59. The van der Waals surface area contributed by atoms with Crippen LogP contribution in [0, 0.1) is 0 Å². The molecule has 0 saturated heterocycles. The number of hydrogen-bond acceptors (Lipinski definition) is 4. The third-order valence-corrected chi connectivity index (χ3v) is 3.23. The fourth-order valence-electron chi connectivity index (χ4n) is 2.02. The standard InChI is InChI=1S/C17H19NO4/c19-11-15(16(20)14-9-5-2-6-10-14)18-17(21)22-12-13-7-3-1-4-8-13/h1-10,15-16,19-20H,11-12H2,(H,18,21). The highest BCUT2D eigenvalue weighted by Crippen LogP contribution is 2.16. The molecule has 2 atom stereocenters. The summed E-state index contributed by atoms with van der Waals surface area (Å²) >= 11 is 0. The van der Waals surface area contributed by atoms with Crippen LogP contribution in [0.15, 0.2) is 60.7 Å². The smallest absolute Gasteiger partial charge is 0.407 e. The molecule has 2 unspecified atom stereocenters. The molecule has 5 nitrogen and oxygen atoms in total. The average molecular weight is 301 g/mol. The van der Waals surface area contributed by atoms with Crippen molar-refractivity contribution in [2.24, 2.45) is 0 Å². The van der Waals surface area contributed by atoms with Gasteiger partial charge in [-0.15, -0.1) is 0 Å². The Bertz CT molecular complexity index is 574. The number of ether oxygens (including phenoxy) is 1. The Hall–Kier alpha value is -2.37. The normalized spacial score (nSPS) is 13.2. The zero-order valence-corrected chi connectivity index (χ0v) is 12.1. The molecule has 0 heterocycles. The zero-order valence-electron chi connectivity index (χ0n) is 12.1. The van der Waals surface area contributed by atoms with Crippen molar-refractivity contribution in [3.8, 4) is 0 Å². The number of carbonyl (C=O) groups excluding carboxylic acids is 1. The molecule has 0 saturated carbocycles. The van der Waals surface area contributed by atoms with Gasteiger partial charge in [-0.1, -0.05) is 60.7 Å². The molecule has 2 aromatic carbocycles. The molecule has 22 heavy (non-hydrogen) atoms. The predicted molar refractivity (Wildman–Crippen MR) is 82.0 cm³/mol. The van der Waals surface area contributed by atoms with E-state index in [1.807, 2.05) is 36.4 Å². The molecule has 0 spiro atoms. The van der Waals surface area contributed by atoms with Crippen molar-refractivity contribution in [2.75, 3.05) is 6.61 Å². The third kappa shape index (κ3) is 4.58. The van der Waals surface area contributed by atoms with E-state index in [2.05, 4.69) is 5.32 Å². The van der Waals surface area contributed by atoms with Gasteiger partial charge < -0.3 is 20.3 Å². The van der Waals surface area contributed by atoms with Crippen LogP contribution in [0.1, 0.15) is 17.2 Å². The topological polar surface area (TPSA) is 78.8 Å². The minimum atomic E-state index is -1.00. The second-order valence-electron chi connectivity index (χ2n) is 4.85. The van der Waals surface area contributed by atoms with Gasteiger partial charge in [0.05, 0.1) is 12.6 Å². The van der Waals surface area contributed by atoms with Gasteiger partial charge in [-0.05, 0) is 11.1 Å². The van der Waals surface area contributed by atoms with Gasteiger partial charge in [-0.3, -0.25) is 0 Å². The lowest BCUT2D eigenvalue weighted by molar-refractivity contribution is 0.0763. The Morgan fingerprint density at radius 2 is 1.64 bits per heavy atom. The van der Waals surface area contributed by atoms with Crippen LogP contribution in [0.2, 0.25) is 0 Å². The van der Waals surface area contributed by atoms with Crippen LogP contribution in [0.4, 0.5) is 4.79 Å². The molecular formula is C17H19NO4. The molecule has 0 fully saturated rings. The maximum atomic E-state index is 11.8. The highest BCUT2D eigenvalue weighted by molar-refractivity contribution is 5.67. The lowest BCUT2D eigenvalue weighted by atomic mass is 10.0. The number of rotatable bonds is 6. The Morgan fingerprint density at radius 3 is 2.23 bits per heavy atom. The quantitative estimate of drug-likeness (QED) is 0.762. The van der Waals surface area contributed by atoms with Crippen LogP contribution >= 0.6 is 0 Å². The van der Waals surface area contributed by atoms with E-state index in [9.17, 15) is 15.0 Å². The van der Waals surface area contributed by atoms with Gasteiger partial charge in [0.25, 0.3) is 0 Å². The highest BCUT2D eigenvalue weighted by Gasteiger charge is 2.22. The van der Waals surface area contributed by atoms with Gasteiger partial charge >= 0.3 is 6.09 Å². The molecule has 0 aliphatic carbocycles. The van der Waals surface area contributed by atoms with E-state index in [1.165, 1.54) is 0 Å². The highest BCUT2D eigenvalue weighted by atomic mass is 16.5. The SMILES string of the molecule is O=C(NC(CO)C(O)c1ccccc1)OCc1ccccc1. The van der Waals surface area contributed by atoms with Gasteiger partial charge in [0.1, 0.15) is 12.7 Å². The van der Waals surface area contributed by atoms with Crippen LogP contribution in [-0.4, -0.2) is 29.0 Å². The van der Waals surface area contributed by atoms with Crippen molar-refractivity contribution >= 4 is 6.09 Å². The largest absolute Gasteiger partial charge is 0.445 e. The fourth-order valence-corrected chi connectivity index (χ4v) is 2.02. The Kier molecular flexibility index (Phi) is 5.94. The summed E-state index contributed by atoms with van der Waals surface area (Å²) < 4.78 is 5.07. The molecule has 0 aliphatic rings. The summed E-state index contributed by atoms with van der Waals surface area (Å²) in [6.07, 6.45) is -1.69. The second-order valence-corrected chi connectivity index (χ2v) is 4.85. The van der Waals surface area contributed by atoms with Crippen LogP contribution in [0.5, 0.6) is 0 Å². The van der Waals surface area contributed by atoms with E-state index in [-0.39, 0.29) is 6.61 Å². The van der Waals surface area contributed by atoms with Crippen molar-refractivity contribution < 1.29 is 19.7 Å². The first-order valence-electron chi connectivity index (χ1n) is 7.02. The van der Waals surface area contributed by atoms with Gasteiger partial charge in [0.2, 0.25) is 0 Å². The number of aliphatic hydroxyl groups is 2. The van der Waals surface area contributed by atoms with E-state index in [0.29, 0.717) is 5.56 Å². The van der Waals surface area contributed by atoms with Crippen LogP contribution in [0.25, 0.3) is 0 Å². The van der Waals surface area contributed by atoms with Crippen molar-refractivity contribution in [2.45, 2.75) is 18.8 Å². The lowest BCUT2D eigenvalue weighted by Gasteiger charge is -2.22. The van der Waals surface area contributed by atoms with Gasteiger partial charge in [-0.25, -0.2) is 4.79 Å². The van der Waals surface area contributed by atoms with Gasteiger partial charge in [-0.2, -0.15) is 0 Å². The molecule has 5 heteroatoms. The predicted octanol–water partition coefficient (Wildman–Crippen LogP) is 2.01. The maximum absolute atomic E-state index is 11.8. The first kappa shape index (κ1) is 16.0. The Labute approximate surface area is 129 Å². The molecule has 0 bridgehead atoms. The first-order chi connectivity index (χ1) is 10.7. The molecule has 2 rings (SSSR count). The molecule has 0 aliphatic heterocycles. The van der Waals surface area contributed by atoms with Crippen LogP contribution in [0.3, 0.4) is 0 Å². The lowest BCUT2D eigenvalue weighted by Crippen LogP contribution is -2.42. The van der Waals surface area contributed by atoms with E-state index in [0.717, 1.165) is 5.56 Å². The number of benzene rings is 2. The fraction of sp³-hybridized carbons (Fsp3) is 0.235. The minimum absolute atomic E-state index is 0.131. The monoisotopic (exact) mass is 301 g/mol. The molecule has 2 aromatic rings. The molecule has 3 N–H and O–H groups in total. The summed E-state index contributed by atoms with van der Waals surface area (Å²) in [5.74, 6) is 0. The van der Waals surface area contributed by atoms with Crippen LogP contribution < -0.4 is 5.32 Å². The van der Waals surface area contributed by atoms with Crippen LogP contribution in [-0.2, 0) is 11.3 Å². The zero-order chi connectivity index (χ0) is 15.8. The summed E-state index contributed by atoms with van der Waals surface area (Å²) in [5, 5.41) is 22.0. The summed E-state index contributed by atoms with van der Waals surface area (Å²) in [6, 6.07) is 17.3. The first-order valence-corrected chi connectivity index (χ1v) is 7.02. The number of hydrogen-bond donors (Lipinski definition) is 3. The summed E-state index contributed by atoms with van der Waals surface area (Å²) in [6.45, 7) is -0.261. The maximum Gasteiger partial charge on any atom is 0.407 e. The number of carbonyl (C=O) groups is 1. The second kappa shape index (κ2) is 8.17. The van der Waals surface area contributed by atoms with E-state index in [1.54, 1.807) is 24.3 Å². The Balaban J connectivity index is 1.88. The Morgan fingerprint density at radius 1 is 1.05 bits per heavy atom. The third-order valence-electron chi connectivity index (χ3n) is 3.23. The number of alkyl carbamates (subject to hydrolysis) is 1. The van der Waals surface area contributed by atoms with E-state index < -0.39 is 24.8 Å². The van der Waals surface area contributed by atoms with E-state index in [4.69, 9.17) is 4.74 Å². The number of nitrogens with one attached hydrogen (secondary N) is 1. The molecule has 116 valence electrons. The molecule has 0 aromatic heterocycles. The number of aliphatic hydroxyl groups excluding tert-OH is 2. The molecular weight excluding hydrogens is 282 g/mol. The van der Waals surface area contributed by atoms with E-state index >= 15 is 0 Å². The summed E-state index contributed by atoms with van der Waals surface area (Å²) in [4.78, 5) is 11.8. The molecule has 0 radical (unpaired) electrons. The van der Waals surface area contributed by atoms with Crippen molar-refractivity contribution in [3.63, 3.8) is 0 Å². The van der Waals surface area contributed by atoms with Crippen molar-refractivity contribution in [1.82, 2.24) is 5.32 Å². The van der Waals surface area contributed by atoms with Crippen molar-refractivity contribution in [1.29, 1.82) is 0 Å². The molecule has 1 amide bonds.